The van der Waals surface area contributed by atoms with Gasteiger partial charge in [-0.2, -0.15) is 0 Å². The van der Waals surface area contributed by atoms with E-state index in [2.05, 4.69) is 10.3 Å². The average Bonchev–Trinajstić information content (AvgIpc) is 2.62. The highest BCUT2D eigenvalue weighted by Crippen LogP contribution is 2.08. The van der Waals surface area contributed by atoms with E-state index in [1.54, 1.807) is 4.68 Å². The van der Waals surface area contributed by atoms with E-state index in [9.17, 15) is 0 Å². The topological polar surface area (TPSA) is 77.0 Å². The second-order valence-electron chi connectivity index (χ2n) is 3.00. The molecular weight excluding hydrogens is 168 g/mol. The Morgan fingerprint density at radius 2 is 2.46 bits per heavy atom. The second kappa shape index (κ2) is 4.94. The van der Waals surface area contributed by atoms with E-state index in [1.807, 2.05) is 13.1 Å². The number of nitrogens with zero attached hydrogens (tertiary/aromatic N) is 3. The van der Waals surface area contributed by atoms with E-state index in [0.717, 1.165) is 12.1 Å². The molecule has 0 bridgehead atoms. The molecule has 5 heteroatoms. The molecule has 0 saturated carbocycles. The van der Waals surface area contributed by atoms with Crippen molar-refractivity contribution in [1.82, 2.24) is 15.0 Å². The van der Waals surface area contributed by atoms with Crippen LogP contribution in [0.15, 0.2) is 6.20 Å². The number of aliphatic hydroxyl groups excluding tert-OH is 1. The van der Waals surface area contributed by atoms with Crippen LogP contribution in [0.25, 0.3) is 0 Å². The van der Waals surface area contributed by atoms with Crippen molar-refractivity contribution in [1.29, 1.82) is 0 Å². The number of rotatable bonds is 5. The van der Waals surface area contributed by atoms with Gasteiger partial charge in [-0.25, -0.2) is 0 Å². The number of aliphatic hydroxyl groups is 1. The van der Waals surface area contributed by atoms with Gasteiger partial charge in [-0.1, -0.05) is 12.1 Å². The lowest BCUT2D eigenvalue weighted by molar-refractivity contribution is 0.276. The number of nitrogens with two attached hydrogens (primary N) is 1. The number of hydrogen-bond acceptors (Lipinski definition) is 4. The van der Waals surface area contributed by atoms with Crippen LogP contribution >= 0.6 is 0 Å². The second-order valence-corrected chi connectivity index (χ2v) is 3.00. The summed E-state index contributed by atoms with van der Waals surface area (Å²) >= 11 is 0. The molecule has 3 N–H and O–H groups in total. The van der Waals surface area contributed by atoms with Crippen LogP contribution in [-0.2, 0) is 6.54 Å². The fourth-order valence-electron chi connectivity index (χ4n) is 1.03. The third kappa shape index (κ3) is 2.78. The summed E-state index contributed by atoms with van der Waals surface area (Å²) in [6.45, 7) is 2.88. The standard InChI is InChI=1S/C8H16N4O/c1-2-7(9)8-6-12(11-10-8)4-3-5-13/h6-7,13H,2-5,9H2,1H3. The summed E-state index contributed by atoms with van der Waals surface area (Å²) in [6, 6.07) is -0.0251. The van der Waals surface area contributed by atoms with Gasteiger partial charge in [-0.3, -0.25) is 4.68 Å². The fourth-order valence-corrected chi connectivity index (χ4v) is 1.03. The smallest absolute Gasteiger partial charge is 0.0993 e. The molecule has 0 aliphatic heterocycles. The van der Waals surface area contributed by atoms with Crippen molar-refractivity contribution in [3.8, 4) is 0 Å². The maximum Gasteiger partial charge on any atom is 0.0993 e. The highest BCUT2D eigenvalue weighted by Gasteiger charge is 2.07. The molecule has 74 valence electrons. The van der Waals surface area contributed by atoms with E-state index >= 15 is 0 Å². The molecule has 1 rings (SSSR count). The molecule has 0 amide bonds. The number of hydrogen-bond donors (Lipinski definition) is 2. The lowest BCUT2D eigenvalue weighted by atomic mass is 10.2. The highest BCUT2D eigenvalue weighted by atomic mass is 16.3. The summed E-state index contributed by atoms with van der Waals surface area (Å²) in [5, 5.41) is 16.4. The van der Waals surface area contributed by atoms with Crippen LogP contribution in [0.4, 0.5) is 0 Å². The molecule has 0 aromatic carbocycles. The summed E-state index contributed by atoms with van der Waals surface area (Å²) < 4.78 is 1.71. The summed E-state index contributed by atoms with van der Waals surface area (Å²) in [5.74, 6) is 0. The van der Waals surface area contributed by atoms with Gasteiger partial charge in [0.15, 0.2) is 0 Å². The molecule has 1 unspecified atom stereocenters. The molecule has 1 heterocycles. The minimum atomic E-state index is -0.0251. The lowest BCUT2D eigenvalue weighted by Crippen LogP contribution is -2.08. The van der Waals surface area contributed by atoms with Crippen LogP contribution < -0.4 is 5.73 Å². The summed E-state index contributed by atoms with van der Waals surface area (Å²) in [4.78, 5) is 0. The van der Waals surface area contributed by atoms with Crippen LogP contribution in [0.5, 0.6) is 0 Å². The molecule has 0 spiro atoms. The third-order valence-corrected chi connectivity index (χ3v) is 1.92. The van der Waals surface area contributed by atoms with E-state index in [-0.39, 0.29) is 12.6 Å². The lowest BCUT2D eigenvalue weighted by Gasteiger charge is -2.01. The Morgan fingerprint density at radius 3 is 3.08 bits per heavy atom. The molecule has 13 heavy (non-hydrogen) atoms. The summed E-state index contributed by atoms with van der Waals surface area (Å²) in [5.41, 5.74) is 6.59. The third-order valence-electron chi connectivity index (χ3n) is 1.92. The van der Waals surface area contributed by atoms with Gasteiger partial charge in [0, 0.05) is 13.2 Å². The molecule has 1 atom stereocenters. The zero-order valence-electron chi connectivity index (χ0n) is 7.85. The van der Waals surface area contributed by atoms with Gasteiger partial charge in [0.25, 0.3) is 0 Å². The van der Waals surface area contributed by atoms with E-state index in [1.165, 1.54) is 0 Å². The van der Waals surface area contributed by atoms with Gasteiger partial charge in [0.05, 0.1) is 17.9 Å². The van der Waals surface area contributed by atoms with Crippen molar-refractivity contribution in [2.75, 3.05) is 6.61 Å². The maximum atomic E-state index is 8.60. The van der Waals surface area contributed by atoms with Crippen LogP contribution in [0, 0.1) is 0 Å². The van der Waals surface area contributed by atoms with E-state index < -0.39 is 0 Å². The largest absolute Gasteiger partial charge is 0.396 e. The Kier molecular flexibility index (Phi) is 3.85. The maximum absolute atomic E-state index is 8.60. The SMILES string of the molecule is CCC(N)c1cn(CCCO)nn1. The van der Waals surface area contributed by atoms with Gasteiger partial charge < -0.3 is 10.8 Å². The van der Waals surface area contributed by atoms with Crippen molar-refractivity contribution < 1.29 is 5.11 Å². The van der Waals surface area contributed by atoms with Crippen LogP contribution in [0.2, 0.25) is 0 Å². The van der Waals surface area contributed by atoms with Gasteiger partial charge in [-0.05, 0) is 12.8 Å². The quantitative estimate of drug-likeness (QED) is 0.679. The first-order chi connectivity index (χ1) is 6.27. The Bertz CT molecular complexity index is 248. The minimum absolute atomic E-state index is 0.0251. The fraction of sp³-hybridized carbons (Fsp3) is 0.750. The van der Waals surface area contributed by atoms with Gasteiger partial charge in [0.2, 0.25) is 0 Å². The van der Waals surface area contributed by atoms with Crippen LogP contribution in [-0.4, -0.2) is 26.7 Å². The van der Waals surface area contributed by atoms with Crippen molar-refractivity contribution in [2.24, 2.45) is 5.73 Å². The molecule has 1 aromatic rings. The van der Waals surface area contributed by atoms with E-state index in [4.69, 9.17) is 10.8 Å². The molecule has 0 aliphatic rings. The first kappa shape index (κ1) is 10.1. The van der Waals surface area contributed by atoms with Gasteiger partial charge in [-0.15, -0.1) is 5.10 Å². The van der Waals surface area contributed by atoms with E-state index in [0.29, 0.717) is 13.0 Å². The monoisotopic (exact) mass is 184 g/mol. The predicted molar refractivity (Wildman–Crippen MR) is 48.9 cm³/mol. The average molecular weight is 184 g/mol. The summed E-state index contributed by atoms with van der Waals surface area (Å²) in [6.07, 6.45) is 3.40. The van der Waals surface area contributed by atoms with Gasteiger partial charge in [0.1, 0.15) is 0 Å². The first-order valence-electron chi connectivity index (χ1n) is 4.54. The predicted octanol–water partition coefficient (Wildman–Crippen LogP) is 0.0703. The van der Waals surface area contributed by atoms with Crippen LogP contribution in [0.3, 0.4) is 0 Å². The van der Waals surface area contributed by atoms with Crippen molar-refractivity contribution >= 4 is 0 Å². The number of aryl methyl sites for hydroxylation is 1. The van der Waals surface area contributed by atoms with Crippen LogP contribution in [0.1, 0.15) is 31.5 Å². The zero-order valence-corrected chi connectivity index (χ0v) is 7.85. The Morgan fingerprint density at radius 1 is 1.69 bits per heavy atom. The molecule has 0 fully saturated rings. The molecule has 1 aromatic heterocycles. The molecule has 0 radical (unpaired) electrons. The molecular formula is C8H16N4O. The van der Waals surface area contributed by atoms with Crippen molar-refractivity contribution in [3.63, 3.8) is 0 Å². The Balaban J connectivity index is 2.53. The molecule has 5 nitrogen and oxygen atoms in total. The minimum Gasteiger partial charge on any atom is -0.396 e. The normalized spacial score (nSPS) is 13.2. The molecule has 0 saturated heterocycles. The summed E-state index contributed by atoms with van der Waals surface area (Å²) in [7, 11) is 0. The zero-order chi connectivity index (χ0) is 9.68. The van der Waals surface area contributed by atoms with Crippen molar-refractivity contribution in [2.45, 2.75) is 32.4 Å². The molecule has 0 aliphatic carbocycles. The Hall–Kier alpha value is -0.940. The Labute approximate surface area is 77.6 Å². The number of aromatic nitrogens is 3. The van der Waals surface area contributed by atoms with Crippen molar-refractivity contribution in [3.05, 3.63) is 11.9 Å². The highest BCUT2D eigenvalue weighted by molar-refractivity contribution is 4.98. The first-order valence-corrected chi connectivity index (χ1v) is 4.54. The van der Waals surface area contributed by atoms with Gasteiger partial charge >= 0.3 is 0 Å².